The van der Waals surface area contributed by atoms with Crippen LogP contribution in [0.4, 0.5) is 0 Å². The van der Waals surface area contributed by atoms with Gasteiger partial charge in [0.1, 0.15) is 0 Å². The average Bonchev–Trinajstić information content (AvgIpc) is 2.40. The summed E-state index contributed by atoms with van der Waals surface area (Å²) in [6.45, 7) is 0. The molecular weight excluding hydrogens is 244 g/mol. The third kappa shape index (κ3) is 4.62. The van der Waals surface area contributed by atoms with Gasteiger partial charge in [0.15, 0.2) is 0 Å². The Morgan fingerprint density at radius 3 is 2.44 bits per heavy atom. The summed E-state index contributed by atoms with van der Waals surface area (Å²) in [7, 11) is 0. The minimum absolute atomic E-state index is 0.201. The number of benzene rings is 1. The van der Waals surface area contributed by atoms with E-state index in [1.54, 1.807) is 0 Å². The van der Waals surface area contributed by atoms with Gasteiger partial charge in [-0.25, -0.2) is 0 Å². The van der Waals surface area contributed by atoms with Crippen LogP contribution in [0.15, 0.2) is 24.3 Å². The standard InChI is InChI=1S/C16H23ClO/c17-15-9-6-14(7-10-15)12-16(18)11-8-13-4-2-1-3-5-13/h6-7,9-10,13,16,18H,1-5,8,11-12H2. The van der Waals surface area contributed by atoms with Crippen molar-refractivity contribution in [3.8, 4) is 0 Å². The fraction of sp³-hybridized carbons (Fsp3) is 0.625. The number of halogens is 1. The molecule has 0 heterocycles. The van der Waals surface area contributed by atoms with E-state index in [9.17, 15) is 5.11 Å². The third-order valence-electron chi connectivity index (χ3n) is 4.02. The summed E-state index contributed by atoms with van der Waals surface area (Å²) in [4.78, 5) is 0. The van der Waals surface area contributed by atoms with Crippen LogP contribution in [0.5, 0.6) is 0 Å². The zero-order chi connectivity index (χ0) is 12.8. The van der Waals surface area contributed by atoms with Crippen molar-refractivity contribution in [1.82, 2.24) is 0 Å². The van der Waals surface area contributed by atoms with Crippen LogP contribution in [0, 0.1) is 5.92 Å². The van der Waals surface area contributed by atoms with E-state index < -0.39 is 0 Å². The second kappa shape index (κ2) is 7.16. The van der Waals surface area contributed by atoms with Crippen LogP contribution in [-0.4, -0.2) is 11.2 Å². The number of aliphatic hydroxyl groups excluding tert-OH is 1. The van der Waals surface area contributed by atoms with Gasteiger partial charge in [0.05, 0.1) is 6.10 Å². The second-order valence-electron chi connectivity index (χ2n) is 5.57. The van der Waals surface area contributed by atoms with Crippen LogP contribution < -0.4 is 0 Å². The van der Waals surface area contributed by atoms with Gasteiger partial charge in [-0.2, -0.15) is 0 Å². The molecule has 1 aliphatic rings. The highest BCUT2D eigenvalue weighted by Crippen LogP contribution is 2.28. The summed E-state index contributed by atoms with van der Waals surface area (Å²) in [5.41, 5.74) is 1.18. The highest BCUT2D eigenvalue weighted by molar-refractivity contribution is 6.30. The summed E-state index contributed by atoms with van der Waals surface area (Å²) in [6.07, 6.45) is 9.60. The Hall–Kier alpha value is -0.530. The van der Waals surface area contributed by atoms with E-state index in [-0.39, 0.29) is 6.10 Å². The Morgan fingerprint density at radius 1 is 1.11 bits per heavy atom. The Kier molecular flexibility index (Phi) is 5.52. The molecule has 18 heavy (non-hydrogen) atoms. The maximum absolute atomic E-state index is 10.1. The fourth-order valence-corrected chi connectivity index (χ4v) is 3.02. The van der Waals surface area contributed by atoms with Crippen molar-refractivity contribution >= 4 is 11.6 Å². The molecule has 1 aromatic rings. The molecule has 1 N–H and O–H groups in total. The molecule has 0 aliphatic heterocycles. The predicted octanol–water partition coefficient (Wildman–Crippen LogP) is 4.60. The molecule has 0 saturated heterocycles. The van der Waals surface area contributed by atoms with Gasteiger partial charge in [-0.1, -0.05) is 55.8 Å². The average molecular weight is 267 g/mol. The van der Waals surface area contributed by atoms with Crippen molar-refractivity contribution in [2.75, 3.05) is 0 Å². The molecule has 0 aromatic heterocycles. The summed E-state index contributed by atoms with van der Waals surface area (Å²) in [6, 6.07) is 7.80. The predicted molar refractivity (Wildman–Crippen MR) is 77.0 cm³/mol. The first-order chi connectivity index (χ1) is 8.74. The van der Waals surface area contributed by atoms with Crippen molar-refractivity contribution in [3.05, 3.63) is 34.9 Å². The van der Waals surface area contributed by atoms with Crippen LogP contribution in [0.2, 0.25) is 5.02 Å². The van der Waals surface area contributed by atoms with E-state index in [1.165, 1.54) is 44.1 Å². The zero-order valence-electron chi connectivity index (χ0n) is 10.9. The molecule has 1 aliphatic carbocycles. The molecule has 1 aromatic carbocycles. The highest BCUT2D eigenvalue weighted by atomic mass is 35.5. The van der Waals surface area contributed by atoms with Crippen LogP contribution >= 0.6 is 11.6 Å². The highest BCUT2D eigenvalue weighted by Gasteiger charge is 2.15. The third-order valence-corrected chi connectivity index (χ3v) is 4.27. The first-order valence-electron chi connectivity index (χ1n) is 7.16. The lowest BCUT2D eigenvalue weighted by atomic mass is 9.85. The van der Waals surface area contributed by atoms with Crippen LogP contribution in [-0.2, 0) is 6.42 Å². The van der Waals surface area contributed by atoms with Crippen molar-refractivity contribution in [2.45, 2.75) is 57.5 Å². The van der Waals surface area contributed by atoms with E-state index in [1.807, 2.05) is 24.3 Å². The molecule has 2 heteroatoms. The molecule has 2 rings (SSSR count). The Bertz CT molecular complexity index is 341. The van der Waals surface area contributed by atoms with E-state index >= 15 is 0 Å². The lowest BCUT2D eigenvalue weighted by Crippen LogP contribution is -2.14. The summed E-state index contributed by atoms with van der Waals surface area (Å²) < 4.78 is 0. The van der Waals surface area contributed by atoms with E-state index in [0.717, 1.165) is 23.8 Å². The number of hydrogen-bond acceptors (Lipinski definition) is 1. The molecule has 0 radical (unpaired) electrons. The molecule has 1 unspecified atom stereocenters. The molecule has 1 saturated carbocycles. The SMILES string of the molecule is OC(CCC1CCCCC1)Cc1ccc(Cl)cc1. The monoisotopic (exact) mass is 266 g/mol. The topological polar surface area (TPSA) is 20.2 Å². The number of rotatable bonds is 5. The van der Waals surface area contributed by atoms with E-state index in [2.05, 4.69) is 0 Å². The van der Waals surface area contributed by atoms with Gasteiger partial charge in [-0.15, -0.1) is 0 Å². The van der Waals surface area contributed by atoms with Gasteiger partial charge in [-0.3, -0.25) is 0 Å². The lowest BCUT2D eigenvalue weighted by molar-refractivity contribution is 0.149. The van der Waals surface area contributed by atoms with E-state index in [0.29, 0.717) is 0 Å². The van der Waals surface area contributed by atoms with Gasteiger partial charge in [0.25, 0.3) is 0 Å². The quantitative estimate of drug-likeness (QED) is 0.826. The Morgan fingerprint density at radius 2 is 1.78 bits per heavy atom. The molecule has 100 valence electrons. The maximum atomic E-state index is 10.1. The Labute approximate surface area is 115 Å². The normalized spacial score (nSPS) is 18.8. The molecule has 1 atom stereocenters. The summed E-state index contributed by atoms with van der Waals surface area (Å²) in [5, 5.41) is 10.8. The zero-order valence-corrected chi connectivity index (χ0v) is 11.7. The van der Waals surface area contributed by atoms with Crippen LogP contribution in [0.25, 0.3) is 0 Å². The summed E-state index contributed by atoms with van der Waals surface area (Å²) in [5.74, 6) is 0.860. The lowest BCUT2D eigenvalue weighted by Gasteiger charge is -2.22. The first kappa shape index (κ1) is 13.9. The van der Waals surface area contributed by atoms with Crippen molar-refractivity contribution in [3.63, 3.8) is 0 Å². The van der Waals surface area contributed by atoms with Gasteiger partial charge in [0.2, 0.25) is 0 Å². The van der Waals surface area contributed by atoms with Crippen molar-refractivity contribution in [1.29, 1.82) is 0 Å². The van der Waals surface area contributed by atoms with Gasteiger partial charge >= 0.3 is 0 Å². The van der Waals surface area contributed by atoms with Crippen molar-refractivity contribution in [2.24, 2.45) is 5.92 Å². The molecule has 1 fully saturated rings. The fourth-order valence-electron chi connectivity index (χ4n) is 2.90. The maximum Gasteiger partial charge on any atom is 0.0580 e. The molecule has 1 nitrogen and oxygen atoms in total. The summed E-state index contributed by atoms with van der Waals surface area (Å²) >= 11 is 5.85. The first-order valence-corrected chi connectivity index (χ1v) is 7.54. The molecule has 0 amide bonds. The van der Waals surface area contributed by atoms with Gasteiger partial charge < -0.3 is 5.11 Å². The minimum atomic E-state index is -0.201. The van der Waals surface area contributed by atoms with Gasteiger partial charge in [-0.05, 0) is 42.9 Å². The number of hydrogen-bond donors (Lipinski definition) is 1. The second-order valence-corrected chi connectivity index (χ2v) is 6.00. The molecule has 0 spiro atoms. The molecular formula is C16H23ClO. The van der Waals surface area contributed by atoms with Gasteiger partial charge in [0, 0.05) is 5.02 Å². The largest absolute Gasteiger partial charge is 0.393 e. The smallest absolute Gasteiger partial charge is 0.0580 e. The molecule has 0 bridgehead atoms. The minimum Gasteiger partial charge on any atom is -0.393 e. The van der Waals surface area contributed by atoms with Crippen LogP contribution in [0.3, 0.4) is 0 Å². The van der Waals surface area contributed by atoms with Crippen molar-refractivity contribution < 1.29 is 5.11 Å². The van der Waals surface area contributed by atoms with Crippen LogP contribution in [0.1, 0.15) is 50.5 Å². The number of aliphatic hydroxyl groups is 1. The Balaban J connectivity index is 1.71. The van der Waals surface area contributed by atoms with E-state index in [4.69, 9.17) is 11.6 Å².